The average Bonchev–Trinajstić information content (AvgIpc) is 2.81. The normalized spacial score (nSPS) is 11.5. The second-order valence-corrected chi connectivity index (χ2v) is 10.5. The molecular formula is C28H29BrN4O2. The van der Waals surface area contributed by atoms with E-state index in [4.69, 9.17) is 9.72 Å². The van der Waals surface area contributed by atoms with E-state index in [1.807, 2.05) is 63.2 Å². The Bertz CT molecular complexity index is 1450. The van der Waals surface area contributed by atoms with Gasteiger partial charge in [0.15, 0.2) is 0 Å². The molecule has 2 aromatic heterocycles. The second-order valence-electron chi connectivity index (χ2n) is 9.71. The van der Waals surface area contributed by atoms with Crippen LogP contribution in [-0.4, -0.2) is 19.5 Å². The van der Waals surface area contributed by atoms with Crippen molar-refractivity contribution in [2.75, 3.05) is 0 Å². The summed E-state index contributed by atoms with van der Waals surface area (Å²) in [6.45, 7) is 12.4. The van der Waals surface area contributed by atoms with E-state index >= 15 is 0 Å². The van der Waals surface area contributed by atoms with Gasteiger partial charge in [0.1, 0.15) is 22.7 Å². The second kappa shape index (κ2) is 9.74. The third-order valence-corrected chi connectivity index (χ3v) is 6.37. The number of rotatable bonds is 5. The van der Waals surface area contributed by atoms with Gasteiger partial charge in [0.05, 0.1) is 11.4 Å². The van der Waals surface area contributed by atoms with Crippen molar-refractivity contribution in [1.29, 1.82) is 0 Å². The van der Waals surface area contributed by atoms with Gasteiger partial charge in [0, 0.05) is 17.2 Å². The van der Waals surface area contributed by atoms with Gasteiger partial charge in [-0.05, 0) is 60.0 Å². The zero-order valence-electron chi connectivity index (χ0n) is 20.9. The molecule has 0 atom stereocenters. The maximum atomic E-state index is 13.4. The van der Waals surface area contributed by atoms with Crippen molar-refractivity contribution in [3.63, 3.8) is 0 Å². The smallest absolute Gasteiger partial charge is 0.276 e. The van der Waals surface area contributed by atoms with E-state index in [1.54, 1.807) is 10.8 Å². The first-order chi connectivity index (χ1) is 16.5. The summed E-state index contributed by atoms with van der Waals surface area (Å²) in [5.74, 6) is 1.59. The number of ether oxygens (including phenoxy) is 1. The third kappa shape index (κ3) is 5.35. The van der Waals surface area contributed by atoms with Crippen LogP contribution in [0.15, 0.2) is 64.0 Å². The molecule has 2 heterocycles. The van der Waals surface area contributed by atoms with Crippen LogP contribution in [0.2, 0.25) is 0 Å². The molecule has 0 aliphatic heterocycles. The number of hydrogen-bond donors (Lipinski definition) is 0. The van der Waals surface area contributed by atoms with Crippen molar-refractivity contribution >= 4 is 15.9 Å². The largest absolute Gasteiger partial charge is 0.472 e. The minimum Gasteiger partial charge on any atom is -0.472 e. The summed E-state index contributed by atoms with van der Waals surface area (Å²) in [7, 11) is 0. The van der Waals surface area contributed by atoms with Crippen LogP contribution >= 0.6 is 15.9 Å². The van der Waals surface area contributed by atoms with Crippen LogP contribution in [0.25, 0.3) is 16.9 Å². The lowest BCUT2D eigenvalue weighted by Gasteiger charge is -2.18. The Kier molecular flexibility index (Phi) is 6.90. The van der Waals surface area contributed by atoms with Crippen LogP contribution < -0.4 is 10.3 Å². The fourth-order valence-corrected chi connectivity index (χ4v) is 4.19. The van der Waals surface area contributed by atoms with Gasteiger partial charge in [-0.15, -0.1) is 0 Å². The lowest BCUT2D eigenvalue weighted by atomic mass is 9.95. The van der Waals surface area contributed by atoms with Gasteiger partial charge in [0.2, 0.25) is 5.88 Å². The summed E-state index contributed by atoms with van der Waals surface area (Å²) in [5.41, 5.74) is 5.19. The summed E-state index contributed by atoms with van der Waals surface area (Å²) in [6.07, 6.45) is 1.78. The van der Waals surface area contributed by atoms with Gasteiger partial charge < -0.3 is 4.74 Å². The summed E-state index contributed by atoms with van der Waals surface area (Å²) in [6, 6.07) is 15.9. The first-order valence-electron chi connectivity index (χ1n) is 11.5. The zero-order valence-corrected chi connectivity index (χ0v) is 22.5. The molecule has 0 bridgehead atoms. The Morgan fingerprint density at radius 2 is 1.77 bits per heavy atom. The molecule has 0 fully saturated rings. The lowest BCUT2D eigenvalue weighted by Crippen LogP contribution is -2.24. The molecule has 2 aromatic carbocycles. The van der Waals surface area contributed by atoms with E-state index < -0.39 is 0 Å². The van der Waals surface area contributed by atoms with E-state index in [0.717, 1.165) is 39.5 Å². The van der Waals surface area contributed by atoms with Crippen LogP contribution in [0.5, 0.6) is 5.88 Å². The Morgan fingerprint density at radius 1 is 1.00 bits per heavy atom. The van der Waals surface area contributed by atoms with Gasteiger partial charge in [-0.25, -0.2) is 9.97 Å². The number of benzene rings is 2. The van der Waals surface area contributed by atoms with Crippen LogP contribution in [0, 0.1) is 20.8 Å². The van der Waals surface area contributed by atoms with Crippen molar-refractivity contribution in [2.45, 2.75) is 53.6 Å². The molecule has 0 N–H and O–H groups in total. The predicted molar refractivity (Wildman–Crippen MR) is 142 cm³/mol. The number of nitrogens with zero attached hydrogens (tertiary/aromatic N) is 4. The molecule has 4 rings (SSSR count). The quantitative estimate of drug-likeness (QED) is 0.303. The van der Waals surface area contributed by atoms with Gasteiger partial charge >= 0.3 is 0 Å². The molecule has 0 saturated heterocycles. The SMILES string of the molecule is Cc1cccc(COc2nc(C)n(-c3cc(-c4ccnc(C(C)(C)C)n4)ccc3C)c(=O)c2Br)c1. The highest BCUT2D eigenvalue weighted by atomic mass is 79.9. The minimum atomic E-state index is -0.227. The lowest BCUT2D eigenvalue weighted by molar-refractivity contribution is 0.289. The topological polar surface area (TPSA) is 69.9 Å². The van der Waals surface area contributed by atoms with Gasteiger partial charge in [-0.2, -0.15) is 4.98 Å². The maximum Gasteiger partial charge on any atom is 0.276 e. The molecule has 35 heavy (non-hydrogen) atoms. The standard InChI is InChI=1S/C28H29BrN4O2/c1-17-8-7-9-20(14-17)16-35-25-24(29)26(34)33(19(3)31-25)23-15-21(11-10-18(23)2)22-12-13-30-27(32-22)28(4,5)6/h7-15H,16H2,1-6H3. The molecule has 0 saturated carbocycles. The number of hydrogen-bond acceptors (Lipinski definition) is 5. The maximum absolute atomic E-state index is 13.4. The van der Waals surface area contributed by atoms with E-state index in [1.165, 1.54) is 0 Å². The van der Waals surface area contributed by atoms with Crippen molar-refractivity contribution in [3.05, 3.63) is 97.9 Å². The summed E-state index contributed by atoms with van der Waals surface area (Å²) >= 11 is 3.43. The fourth-order valence-electron chi connectivity index (χ4n) is 3.81. The summed E-state index contributed by atoms with van der Waals surface area (Å²) < 4.78 is 7.81. The average molecular weight is 533 g/mol. The highest BCUT2D eigenvalue weighted by molar-refractivity contribution is 9.10. The monoisotopic (exact) mass is 532 g/mol. The Labute approximate surface area is 214 Å². The first kappa shape index (κ1) is 24.8. The molecule has 180 valence electrons. The molecule has 0 amide bonds. The van der Waals surface area contributed by atoms with Gasteiger partial charge in [-0.1, -0.05) is 62.7 Å². The Hall–Kier alpha value is -3.32. The highest BCUT2D eigenvalue weighted by Gasteiger charge is 2.19. The molecule has 0 aliphatic carbocycles. The molecule has 4 aromatic rings. The van der Waals surface area contributed by atoms with E-state index in [-0.39, 0.29) is 21.3 Å². The van der Waals surface area contributed by atoms with Crippen LogP contribution in [0.3, 0.4) is 0 Å². The Morgan fingerprint density at radius 3 is 2.49 bits per heavy atom. The third-order valence-electron chi connectivity index (χ3n) is 5.70. The summed E-state index contributed by atoms with van der Waals surface area (Å²) in [4.78, 5) is 27.2. The van der Waals surface area contributed by atoms with E-state index in [0.29, 0.717) is 12.4 Å². The molecular weight excluding hydrogens is 504 g/mol. The number of aryl methyl sites for hydroxylation is 3. The molecule has 6 nitrogen and oxygen atoms in total. The van der Waals surface area contributed by atoms with E-state index in [2.05, 4.69) is 52.7 Å². The molecule has 7 heteroatoms. The molecule has 0 aliphatic rings. The number of halogens is 1. The number of aromatic nitrogens is 4. The predicted octanol–water partition coefficient (Wildman–Crippen LogP) is 6.25. The van der Waals surface area contributed by atoms with E-state index in [9.17, 15) is 4.79 Å². The van der Waals surface area contributed by atoms with Crippen molar-refractivity contribution < 1.29 is 4.74 Å². The van der Waals surface area contributed by atoms with Crippen molar-refractivity contribution in [2.24, 2.45) is 0 Å². The summed E-state index contributed by atoms with van der Waals surface area (Å²) in [5, 5.41) is 0. The van der Waals surface area contributed by atoms with Gasteiger partial charge in [-0.3, -0.25) is 9.36 Å². The van der Waals surface area contributed by atoms with Crippen molar-refractivity contribution in [3.8, 4) is 22.8 Å². The molecule has 0 radical (unpaired) electrons. The molecule has 0 spiro atoms. The van der Waals surface area contributed by atoms with Crippen LogP contribution in [-0.2, 0) is 12.0 Å². The minimum absolute atomic E-state index is 0.167. The van der Waals surface area contributed by atoms with Gasteiger partial charge in [0.25, 0.3) is 5.56 Å². The zero-order chi connectivity index (χ0) is 25.3. The van der Waals surface area contributed by atoms with Crippen LogP contribution in [0.1, 0.15) is 49.1 Å². The molecule has 0 unspecified atom stereocenters. The Balaban J connectivity index is 1.72. The van der Waals surface area contributed by atoms with Crippen LogP contribution in [0.4, 0.5) is 0 Å². The first-order valence-corrected chi connectivity index (χ1v) is 12.3. The van der Waals surface area contributed by atoms with Crippen molar-refractivity contribution in [1.82, 2.24) is 19.5 Å². The fraction of sp³-hybridized carbons (Fsp3) is 0.286. The highest BCUT2D eigenvalue weighted by Crippen LogP contribution is 2.27.